The molecule has 1 fully saturated rings. The van der Waals surface area contributed by atoms with Crippen LogP contribution in [0.2, 0.25) is 0 Å². The zero-order valence-electron chi connectivity index (χ0n) is 32.6. The van der Waals surface area contributed by atoms with Crippen molar-refractivity contribution in [3.05, 3.63) is 78.1 Å². The molecule has 1 unspecified atom stereocenters. The molecule has 3 N–H and O–H groups in total. The van der Waals surface area contributed by atoms with Gasteiger partial charge in [0.1, 0.15) is 17.1 Å². The topological polar surface area (TPSA) is 151 Å². The second-order valence-corrected chi connectivity index (χ2v) is 17.3. The third-order valence-corrected chi connectivity index (χ3v) is 9.49. The van der Waals surface area contributed by atoms with Crippen molar-refractivity contribution in [2.75, 3.05) is 48.4 Å². The van der Waals surface area contributed by atoms with Crippen LogP contribution in [-0.4, -0.2) is 80.0 Å². The number of carbonyl (C=O) groups excluding carboxylic acids is 2. The molecule has 3 amide bonds. The van der Waals surface area contributed by atoms with Crippen molar-refractivity contribution in [2.45, 2.75) is 78.5 Å². The summed E-state index contributed by atoms with van der Waals surface area (Å²) in [5.41, 5.74) is 1.80. The van der Waals surface area contributed by atoms with Crippen LogP contribution in [-0.2, 0) is 26.7 Å². The number of rotatable bonds is 10. The van der Waals surface area contributed by atoms with E-state index in [2.05, 4.69) is 32.2 Å². The lowest BCUT2D eigenvalue weighted by Gasteiger charge is -2.41. The first-order valence-corrected chi connectivity index (χ1v) is 19.9. The van der Waals surface area contributed by atoms with E-state index in [1.165, 1.54) is 7.11 Å². The van der Waals surface area contributed by atoms with Gasteiger partial charge in [-0.3, -0.25) is 14.6 Å². The Hall–Kier alpha value is -5.08. The number of ether oxygens (including phenoxy) is 3. The van der Waals surface area contributed by atoms with Crippen molar-refractivity contribution in [3.8, 4) is 17.2 Å². The lowest BCUT2D eigenvalue weighted by Crippen LogP contribution is -2.55. The second-order valence-electron chi connectivity index (χ2n) is 15.5. The zero-order valence-corrected chi connectivity index (χ0v) is 33.4. The summed E-state index contributed by atoms with van der Waals surface area (Å²) in [6.07, 6.45) is 3.32. The van der Waals surface area contributed by atoms with Crippen molar-refractivity contribution in [3.63, 3.8) is 0 Å². The molecule has 0 aliphatic carbocycles. The summed E-state index contributed by atoms with van der Waals surface area (Å²) in [7, 11) is -2.22. The highest BCUT2D eigenvalue weighted by atomic mass is 32.2. The first-order chi connectivity index (χ1) is 25.3. The maximum atomic E-state index is 13.5. The molecule has 1 aliphatic heterocycles. The number of methoxy groups -OCH3 is 1. The van der Waals surface area contributed by atoms with E-state index in [-0.39, 0.29) is 29.0 Å². The van der Waals surface area contributed by atoms with E-state index >= 15 is 0 Å². The number of hydrogen-bond acceptors (Lipinski definition) is 9. The van der Waals surface area contributed by atoms with Gasteiger partial charge in [-0.2, -0.15) is 0 Å². The number of anilines is 3. The van der Waals surface area contributed by atoms with Crippen molar-refractivity contribution < 1.29 is 32.2 Å². The fourth-order valence-corrected chi connectivity index (χ4v) is 6.88. The maximum absolute atomic E-state index is 13.5. The second kappa shape index (κ2) is 16.1. The fraction of sp³-hybridized carbons (Fsp3) is 0.425. The summed E-state index contributed by atoms with van der Waals surface area (Å²) < 4.78 is 44.4. The summed E-state index contributed by atoms with van der Waals surface area (Å²) in [4.78, 5) is 35.0. The minimum atomic E-state index is -3.63. The number of benzene rings is 3. The van der Waals surface area contributed by atoms with Gasteiger partial charge in [0.05, 0.1) is 36.1 Å². The third kappa shape index (κ3) is 10.3. The van der Waals surface area contributed by atoms with Gasteiger partial charge in [-0.25, -0.2) is 18.0 Å². The van der Waals surface area contributed by atoms with Crippen LogP contribution >= 0.6 is 0 Å². The van der Waals surface area contributed by atoms with Gasteiger partial charge in [0.15, 0.2) is 5.75 Å². The van der Waals surface area contributed by atoms with E-state index in [1.807, 2.05) is 76.8 Å². The van der Waals surface area contributed by atoms with Crippen LogP contribution in [0.4, 0.5) is 26.7 Å². The monoisotopic (exact) mass is 760 g/mol. The molecule has 2 heterocycles. The predicted molar refractivity (Wildman–Crippen MR) is 213 cm³/mol. The molecule has 1 aliphatic rings. The van der Waals surface area contributed by atoms with E-state index in [0.717, 1.165) is 34.7 Å². The summed E-state index contributed by atoms with van der Waals surface area (Å²) in [6, 6.07) is 17.9. The first-order valence-electron chi connectivity index (χ1n) is 18.0. The van der Waals surface area contributed by atoms with Crippen molar-refractivity contribution in [1.82, 2.24) is 14.8 Å². The Morgan fingerprint density at radius 3 is 2.24 bits per heavy atom. The molecule has 0 bridgehead atoms. The highest BCUT2D eigenvalue weighted by Gasteiger charge is 2.32. The Kier molecular flexibility index (Phi) is 12.0. The number of piperazine rings is 1. The molecule has 0 radical (unpaired) electrons. The molecular weight excluding hydrogens is 709 g/mol. The lowest BCUT2D eigenvalue weighted by atomic mass is 9.86. The molecule has 1 atom stereocenters. The SMILES string of the molecule is CCC1CN(Cc2cc(Oc3ccc(NC(=O)Nc4cc(C(C)(C)C)cc(NS(C)(=O)=O)c4OC)c4ccccc34)ccn2)CCN1C(=O)OC(C)(C)C. The minimum Gasteiger partial charge on any atom is -0.492 e. The van der Waals surface area contributed by atoms with E-state index in [0.29, 0.717) is 49.1 Å². The Morgan fingerprint density at radius 2 is 1.59 bits per heavy atom. The van der Waals surface area contributed by atoms with E-state index < -0.39 is 21.7 Å². The highest BCUT2D eigenvalue weighted by molar-refractivity contribution is 7.92. The van der Waals surface area contributed by atoms with Crippen LogP contribution in [0.1, 0.15) is 66.1 Å². The largest absolute Gasteiger partial charge is 0.492 e. The van der Waals surface area contributed by atoms with E-state index in [4.69, 9.17) is 14.2 Å². The number of aromatic nitrogens is 1. The highest BCUT2D eigenvalue weighted by Crippen LogP contribution is 2.40. The Labute approximate surface area is 318 Å². The molecule has 14 heteroatoms. The molecular formula is C40H52N6O7S. The van der Waals surface area contributed by atoms with Crippen LogP contribution in [0.15, 0.2) is 66.9 Å². The molecule has 1 aromatic heterocycles. The van der Waals surface area contributed by atoms with Gasteiger partial charge in [-0.05, 0) is 68.5 Å². The standard InChI is InChI=1S/C40H52N6O7S/c1-10-28-25-45(19-20-46(28)38(48)53-40(5,6)7)24-27-23-29(17-18-41-27)52-35-16-15-32(30-13-11-12-14-31(30)35)42-37(47)43-33-21-26(39(2,3)4)22-34(36(33)51-8)44-54(9,49)50/h11-18,21-23,28,44H,10,19-20,24-25H2,1-9H3,(H2,42,43,47). The van der Waals surface area contributed by atoms with Crippen LogP contribution < -0.4 is 24.8 Å². The Morgan fingerprint density at radius 1 is 0.907 bits per heavy atom. The predicted octanol–water partition coefficient (Wildman–Crippen LogP) is 8.18. The molecule has 4 aromatic rings. The molecule has 3 aromatic carbocycles. The average Bonchev–Trinajstić information content (AvgIpc) is 3.07. The van der Waals surface area contributed by atoms with Gasteiger partial charge in [0.25, 0.3) is 0 Å². The van der Waals surface area contributed by atoms with Crippen molar-refractivity contribution in [1.29, 1.82) is 0 Å². The number of hydrogen-bond donors (Lipinski definition) is 3. The van der Waals surface area contributed by atoms with Gasteiger partial charge in [-0.15, -0.1) is 0 Å². The molecule has 54 heavy (non-hydrogen) atoms. The summed E-state index contributed by atoms with van der Waals surface area (Å²) in [5.74, 6) is 1.40. The van der Waals surface area contributed by atoms with Gasteiger partial charge < -0.3 is 29.7 Å². The third-order valence-electron chi connectivity index (χ3n) is 8.90. The number of nitrogens with one attached hydrogen (secondary N) is 3. The maximum Gasteiger partial charge on any atom is 0.410 e. The zero-order chi connectivity index (χ0) is 39.4. The van der Waals surface area contributed by atoms with Crippen molar-refractivity contribution in [2.24, 2.45) is 0 Å². The first kappa shape index (κ1) is 40.1. The number of nitrogens with zero attached hydrogens (tertiary/aromatic N) is 3. The van der Waals surface area contributed by atoms with Gasteiger partial charge in [0.2, 0.25) is 10.0 Å². The molecule has 13 nitrogen and oxygen atoms in total. The quantitative estimate of drug-likeness (QED) is 0.145. The van der Waals surface area contributed by atoms with Crippen LogP contribution in [0.3, 0.4) is 0 Å². The fourth-order valence-electron chi connectivity index (χ4n) is 6.33. The summed E-state index contributed by atoms with van der Waals surface area (Å²) in [6.45, 7) is 16.3. The number of sulfonamides is 1. The molecule has 290 valence electrons. The molecule has 5 rings (SSSR count). The van der Waals surface area contributed by atoms with Gasteiger partial charge in [-0.1, -0.05) is 52.0 Å². The van der Waals surface area contributed by atoms with Crippen molar-refractivity contribution >= 4 is 50.0 Å². The van der Waals surface area contributed by atoms with Gasteiger partial charge >= 0.3 is 12.1 Å². The number of pyridine rings is 1. The van der Waals surface area contributed by atoms with E-state index in [1.54, 1.807) is 36.5 Å². The van der Waals surface area contributed by atoms with Gasteiger partial charge in [0, 0.05) is 55.3 Å². The van der Waals surface area contributed by atoms with Crippen LogP contribution in [0.5, 0.6) is 17.2 Å². The molecule has 0 saturated carbocycles. The van der Waals surface area contributed by atoms with Crippen LogP contribution in [0.25, 0.3) is 10.8 Å². The molecule has 0 spiro atoms. The minimum absolute atomic E-state index is 0.0404. The number of fused-ring (bicyclic) bond motifs is 1. The summed E-state index contributed by atoms with van der Waals surface area (Å²) >= 11 is 0. The normalized spacial score (nSPS) is 15.4. The molecule has 1 saturated heterocycles. The Bertz CT molecular complexity index is 2110. The Balaban J connectivity index is 1.31. The number of urea groups is 1. The van der Waals surface area contributed by atoms with Crippen LogP contribution in [0, 0.1) is 0 Å². The number of carbonyl (C=O) groups is 2. The average molecular weight is 761 g/mol. The summed E-state index contributed by atoms with van der Waals surface area (Å²) in [5, 5.41) is 7.33. The lowest BCUT2D eigenvalue weighted by molar-refractivity contribution is -0.00315. The van der Waals surface area contributed by atoms with E-state index in [9.17, 15) is 18.0 Å². The smallest absolute Gasteiger partial charge is 0.410 e. The number of amides is 3.